The largest absolute Gasteiger partial charge is 0.507 e. The highest BCUT2D eigenvalue weighted by Gasteiger charge is 2.46. The van der Waals surface area contributed by atoms with E-state index in [0.29, 0.717) is 29.8 Å². The van der Waals surface area contributed by atoms with Crippen LogP contribution in [-0.4, -0.2) is 71.3 Å². The second kappa shape index (κ2) is 10.2. The minimum absolute atomic E-state index is 0.0953. The first-order chi connectivity index (χ1) is 16.1. The fourth-order valence-corrected chi connectivity index (χ4v) is 4.31. The smallest absolute Gasteiger partial charge is 0.355 e. The number of likely N-dealkylation sites (tertiary alicyclic amines) is 1. The van der Waals surface area contributed by atoms with Gasteiger partial charge in [-0.2, -0.15) is 0 Å². The van der Waals surface area contributed by atoms with Gasteiger partial charge in [-0.1, -0.05) is 12.1 Å². The Kier molecular flexibility index (Phi) is 7.56. The summed E-state index contributed by atoms with van der Waals surface area (Å²) in [5.41, 5.74) is 1.70. The lowest BCUT2D eigenvalue weighted by molar-refractivity contribution is -0.139. The number of esters is 1. The Bertz CT molecular complexity index is 1130. The number of benzene rings is 1. The maximum atomic E-state index is 13.6. The molecule has 2 aromatic rings. The van der Waals surface area contributed by atoms with E-state index >= 15 is 0 Å². The van der Waals surface area contributed by atoms with Crippen molar-refractivity contribution < 1.29 is 28.6 Å². The number of aliphatic hydroxyl groups excluding tert-OH is 1. The van der Waals surface area contributed by atoms with E-state index in [4.69, 9.17) is 4.74 Å². The van der Waals surface area contributed by atoms with Crippen LogP contribution in [0.2, 0.25) is 0 Å². The van der Waals surface area contributed by atoms with Crippen LogP contribution < -0.4 is 0 Å². The van der Waals surface area contributed by atoms with Gasteiger partial charge >= 0.3 is 5.97 Å². The van der Waals surface area contributed by atoms with Crippen LogP contribution in [0.4, 0.5) is 4.39 Å². The number of H-pyrrole nitrogens is 1. The lowest BCUT2D eigenvalue weighted by Crippen LogP contribution is -2.32. The topological polar surface area (TPSA) is 103 Å². The van der Waals surface area contributed by atoms with Gasteiger partial charge in [-0.05, 0) is 71.1 Å². The number of amides is 1. The maximum absolute atomic E-state index is 13.6. The number of aromatic nitrogens is 1. The first-order valence-electron chi connectivity index (χ1n) is 11.1. The van der Waals surface area contributed by atoms with Crippen LogP contribution in [0.25, 0.3) is 5.76 Å². The van der Waals surface area contributed by atoms with Crippen LogP contribution >= 0.6 is 0 Å². The van der Waals surface area contributed by atoms with Crippen molar-refractivity contribution in [2.24, 2.45) is 0 Å². The van der Waals surface area contributed by atoms with Gasteiger partial charge in [-0.3, -0.25) is 9.59 Å². The summed E-state index contributed by atoms with van der Waals surface area (Å²) in [5.74, 6) is -2.98. The standard InChI is InChI=1S/C25H30FN3O5/c1-6-34-25(33)20-14(2)18(15(3)27-20)22(30)19-21(16-8-10-17(26)11-9-16)29(24(32)23(19)31)13-7-12-28(4)5/h8-11,21,27,30H,6-7,12-13H2,1-5H3/b22-19-. The predicted octanol–water partition coefficient (Wildman–Crippen LogP) is 3.32. The summed E-state index contributed by atoms with van der Waals surface area (Å²) in [6.45, 7) is 6.12. The number of halogens is 1. The first-order valence-corrected chi connectivity index (χ1v) is 11.1. The lowest BCUT2D eigenvalue weighted by atomic mass is 9.94. The van der Waals surface area contributed by atoms with Crippen molar-refractivity contribution in [3.05, 3.63) is 63.7 Å². The Labute approximate surface area is 198 Å². The molecule has 1 fully saturated rings. The minimum Gasteiger partial charge on any atom is -0.507 e. The lowest BCUT2D eigenvalue weighted by Gasteiger charge is -2.26. The molecule has 2 heterocycles. The van der Waals surface area contributed by atoms with Crippen LogP contribution in [0.5, 0.6) is 0 Å². The summed E-state index contributed by atoms with van der Waals surface area (Å²) in [5, 5.41) is 11.3. The molecule has 1 amide bonds. The van der Waals surface area contributed by atoms with Gasteiger partial charge < -0.3 is 24.6 Å². The Hall–Kier alpha value is -3.46. The molecule has 0 bridgehead atoms. The molecule has 1 aliphatic heterocycles. The van der Waals surface area contributed by atoms with Crippen molar-refractivity contribution in [2.45, 2.75) is 33.2 Å². The van der Waals surface area contributed by atoms with Crippen molar-refractivity contribution in [2.75, 3.05) is 33.8 Å². The number of nitrogens with zero attached hydrogens (tertiary/aromatic N) is 2. The number of carbonyl (C=O) groups excluding carboxylic acids is 3. The number of aliphatic hydroxyl groups is 1. The molecule has 1 unspecified atom stereocenters. The summed E-state index contributed by atoms with van der Waals surface area (Å²) in [4.78, 5) is 44.8. The molecule has 8 nitrogen and oxygen atoms in total. The highest BCUT2D eigenvalue weighted by molar-refractivity contribution is 6.46. The van der Waals surface area contributed by atoms with Crippen LogP contribution in [0, 0.1) is 19.7 Å². The quantitative estimate of drug-likeness (QED) is 0.265. The normalized spacial score (nSPS) is 17.6. The van der Waals surface area contributed by atoms with E-state index in [-0.39, 0.29) is 35.7 Å². The highest BCUT2D eigenvalue weighted by atomic mass is 19.1. The minimum atomic E-state index is -0.887. The third-order valence-corrected chi connectivity index (χ3v) is 5.88. The summed E-state index contributed by atoms with van der Waals surface area (Å²) in [6.07, 6.45) is 0.604. The van der Waals surface area contributed by atoms with E-state index in [9.17, 15) is 23.9 Å². The fourth-order valence-electron chi connectivity index (χ4n) is 4.31. The second-order valence-corrected chi connectivity index (χ2v) is 8.55. The van der Waals surface area contributed by atoms with Crippen molar-refractivity contribution in [1.82, 2.24) is 14.8 Å². The molecule has 0 spiro atoms. The molecule has 34 heavy (non-hydrogen) atoms. The number of Topliss-reactive ketones (excluding diaryl/α,β-unsaturated/α-hetero) is 1. The van der Waals surface area contributed by atoms with Gasteiger partial charge in [0.1, 0.15) is 17.3 Å². The molecule has 1 aliphatic rings. The number of carbonyl (C=O) groups is 3. The molecule has 2 N–H and O–H groups in total. The second-order valence-electron chi connectivity index (χ2n) is 8.55. The molecule has 1 aromatic carbocycles. The fraction of sp³-hybridized carbons (Fsp3) is 0.400. The van der Waals surface area contributed by atoms with E-state index < -0.39 is 29.5 Å². The van der Waals surface area contributed by atoms with Crippen LogP contribution in [-0.2, 0) is 14.3 Å². The average Bonchev–Trinajstić information content (AvgIpc) is 3.21. The number of aromatic amines is 1. The molecule has 3 rings (SSSR count). The summed E-state index contributed by atoms with van der Waals surface area (Å²) in [6, 6.07) is 4.61. The van der Waals surface area contributed by atoms with Gasteiger partial charge in [0.2, 0.25) is 0 Å². The van der Waals surface area contributed by atoms with Gasteiger partial charge in [0.25, 0.3) is 11.7 Å². The van der Waals surface area contributed by atoms with Gasteiger partial charge in [-0.25, -0.2) is 9.18 Å². The molecule has 182 valence electrons. The van der Waals surface area contributed by atoms with Gasteiger partial charge in [0.05, 0.1) is 18.2 Å². The molecule has 1 aromatic heterocycles. The number of hydrogen-bond donors (Lipinski definition) is 2. The molecule has 9 heteroatoms. The van der Waals surface area contributed by atoms with E-state index in [1.807, 2.05) is 19.0 Å². The Morgan fingerprint density at radius 1 is 1.21 bits per heavy atom. The third-order valence-electron chi connectivity index (χ3n) is 5.88. The van der Waals surface area contributed by atoms with Gasteiger partial charge in [0.15, 0.2) is 0 Å². The number of nitrogens with one attached hydrogen (secondary N) is 1. The Morgan fingerprint density at radius 2 is 1.85 bits per heavy atom. The Balaban J connectivity index is 2.15. The summed E-state index contributed by atoms with van der Waals surface area (Å²) in [7, 11) is 3.81. The number of rotatable bonds is 8. The number of ketones is 1. The number of hydrogen-bond acceptors (Lipinski definition) is 6. The predicted molar refractivity (Wildman–Crippen MR) is 125 cm³/mol. The third kappa shape index (κ3) is 4.75. The Morgan fingerprint density at radius 3 is 2.44 bits per heavy atom. The van der Waals surface area contributed by atoms with Gasteiger partial charge in [0, 0.05) is 17.8 Å². The molecular formula is C25H30FN3O5. The summed E-state index contributed by atoms with van der Waals surface area (Å²) < 4.78 is 18.7. The van der Waals surface area contributed by atoms with Crippen LogP contribution in [0.1, 0.15) is 52.3 Å². The van der Waals surface area contributed by atoms with Crippen molar-refractivity contribution in [3.8, 4) is 0 Å². The van der Waals surface area contributed by atoms with Crippen LogP contribution in [0.15, 0.2) is 29.8 Å². The zero-order valence-corrected chi connectivity index (χ0v) is 20.1. The molecular weight excluding hydrogens is 441 g/mol. The van der Waals surface area contributed by atoms with Crippen molar-refractivity contribution >= 4 is 23.4 Å². The van der Waals surface area contributed by atoms with E-state index in [2.05, 4.69) is 4.98 Å². The SMILES string of the molecule is CCOC(=O)c1[nH]c(C)c(/C(O)=C2/C(=O)C(=O)N(CCCN(C)C)C2c2ccc(F)cc2)c1C. The van der Waals surface area contributed by atoms with E-state index in [1.165, 1.54) is 29.2 Å². The van der Waals surface area contributed by atoms with E-state index in [1.54, 1.807) is 20.8 Å². The number of aryl methyl sites for hydroxylation is 1. The van der Waals surface area contributed by atoms with Crippen molar-refractivity contribution in [1.29, 1.82) is 0 Å². The molecule has 1 atom stereocenters. The monoisotopic (exact) mass is 471 g/mol. The number of ether oxygens (including phenoxy) is 1. The van der Waals surface area contributed by atoms with Crippen LogP contribution in [0.3, 0.4) is 0 Å². The maximum Gasteiger partial charge on any atom is 0.355 e. The average molecular weight is 472 g/mol. The first kappa shape index (κ1) is 25.2. The molecule has 0 aliphatic carbocycles. The zero-order chi connectivity index (χ0) is 25.2. The zero-order valence-electron chi connectivity index (χ0n) is 20.1. The van der Waals surface area contributed by atoms with Gasteiger partial charge in [-0.15, -0.1) is 0 Å². The molecule has 0 radical (unpaired) electrons. The molecule has 1 saturated heterocycles. The van der Waals surface area contributed by atoms with E-state index in [0.717, 1.165) is 0 Å². The van der Waals surface area contributed by atoms with Crippen molar-refractivity contribution in [3.63, 3.8) is 0 Å². The molecule has 0 saturated carbocycles. The highest BCUT2D eigenvalue weighted by Crippen LogP contribution is 2.41. The summed E-state index contributed by atoms with van der Waals surface area (Å²) >= 11 is 0.